The van der Waals surface area contributed by atoms with Crippen molar-refractivity contribution in [2.24, 2.45) is 5.92 Å². The summed E-state index contributed by atoms with van der Waals surface area (Å²) in [4.78, 5) is 0. The molecular formula is C7H13N5. The zero-order valence-corrected chi connectivity index (χ0v) is 6.90. The van der Waals surface area contributed by atoms with Crippen LogP contribution in [0.3, 0.4) is 0 Å². The van der Waals surface area contributed by atoms with Crippen LogP contribution in [-0.4, -0.2) is 14.9 Å². The van der Waals surface area contributed by atoms with Crippen molar-refractivity contribution >= 4 is 5.95 Å². The Morgan fingerprint density at radius 1 is 1.42 bits per heavy atom. The highest BCUT2D eigenvalue weighted by molar-refractivity contribution is 5.17. The first-order valence-corrected chi connectivity index (χ1v) is 4.22. The molecule has 5 nitrogen and oxygen atoms in total. The highest BCUT2D eigenvalue weighted by Crippen LogP contribution is 2.28. The molecule has 1 aromatic rings. The first-order chi connectivity index (χ1) is 5.77. The summed E-state index contributed by atoms with van der Waals surface area (Å²) < 4.78 is 1.37. The van der Waals surface area contributed by atoms with Crippen molar-refractivity contribution in [2.45, 2.75) is 25.7 Å². The third-order valence-corrected chi connectivity index (χ3v) is 2.49. The quantitative estimate of drug-likeness (QED) is 0.603. The summed E-state index contributed by atoms with van der Waals surface area (Å²) in [6.45, 7) is 0. The first-order valence-electron chi connectivity index (χ1n) is 4.22. The lowest BCUT2D eigenvalue weighted by atomic mass is 9.83. The largest absolute Gasteiger partial charge is 0.366 e. The zero-order chi connectivity index (χ0) is 8.55. The average Bonchev–Trinajstić information content (AvgIpc) is 2.27. The number of nitrogen functional groups attached to an aromatic ring is 2. The Kier molecular flexibility index (Phi) is 1.64. The molecule has 1 aromatic heterocycles. The molecule has 12 heavy (non-hydrogen) atoms. The topological polar surface area (TPSA) is 82.8 Å². The second-order valence-corrected chi connectivity index (χ2v) is 3.35. The van der Waals surface area contributed by atoms with Gasteiger partial charge in [0.05, 0.1) is 0 Å². The Balaban J connectivity index is 2.06. The van der Waals surface area contributed by atoms with Crippen LogP contribution in [0.2, 0.25) is 0 Å². The molecule has 5 heteroatoms. The van der Waals surface area contributed by atoms with Gasteiger partial charge in [-0.3, -0.25) is 0 Å². The van der Waals surface area contributed by atoms with Gasteiger partial charge in [-0.25, -0.2) is 4.68 Å². The molecule has 0 unspecified atom stereocenters. The van der Waals surface area contributed by atoms with Gasteiger partial charge in [0.25, 0.3) is 0 Å². The number of hydrogen-bond acceptors (Lipinski definition) is 4. The molecule has 66 valence electrons. The summed E-state index contributed by atoms with van der Waals surface area (Å²) in [7, 11) is 0. The van der Waals surface area contributed by atoms with Crippen LogP contribution in [-0.2, 0) is 6.42 Å². The van der Waals surface area contributed by atoms with Crippen molar-refractivity contribution in [2.75, 3.05) is 11.6 Å². The molecular weight excluding hydrogens is 154 g/mol. The van der Waals surface area contributed by atoms with E-state index in [9.17, 15) is 0 Å². The van der Waals surface area contributed by atoms with Gasteiger partial charge in [-0.1, -0.05) is 19.3 Å². The lowest BCUT2D eigenvalue weighted by molar-refractivity contribution is 0.307. The Bertz CT molecular complexity index is 275. The summed E-state index contributed by atoms with van der Waals surface area (Å²) in [6, 6.07) is 0. The van der Waals surface area contributed by atoms with Crippen molar-refractivity contribution in [3.8, 4) is 0 Å². The van der Waals surface area contributed by atoms with Crippen LogP contribution >= 0.6 is 0 Å². The third kappa shape index (κ3) is 1.11. The van der Waals surface area contributed by atoms with Gasteiger partial charge < -0.3 is 11.6 Å². The zero-order valence-electron chi connectivity index (χ0n) is 6.90. The van der Waals surface area contributed by atoms with E-state index in [-0.39, 0.29) is 0 Å². The second kappa shape index (κ2) is 2.66. The number of nitrogens with zero attached hydrogens (tertiary/aromatic N) is 3. The van der Waals surface area contributed by atoms with E-state index in [0.29, 0.717) is 5.95 Å². The molecule has 1 fully saturated rings. The van der Waals surface area contributed by atoms with Crippen LogP contribution in [0.25, 0.3) is 0 Å². The number of aromatic nitrogens is 3. The van der Waals surface area contributed by atoms with Crippen molar-refractivity contribution in [3.63, 3.8) is 0 Å². The first kappa shape index (κ1) is 7.39. The number of anilines is 1. The van der Waals surface area contributed by atoms with Gasteiger partial charge in [0.1, 0.15) is 0 Å². The second-order valence-electron chi connectivity index (χ2n) is 3.35. The molecule has 0 aliphatic heterocycles. The van der Waals surface area contributed by atoms with Crippen LogP contribution in [0.4, 0.5) is 5.95 Å². The Morgan fingerprint density at radius 3 is 2.58 bits per heavy atom. The molecule has 1 saturated carbocycles. The smallest absolute Gasteiger partial charge is 0.240 e. The molecule has 0 radical (unpaired) electrons. The molecule has 0 amide bonds. The van der Waals surface area contributed by atoms with E-state index in [2.05, 4.69) is 10.2 Å². The van der Waals surface area contributed by atoms with E-state index < -0.39 is 0 Å². The molecule has 0 atom stereocenters. The SMILES string of the molecule is Nc1nnc(CC2CCC2)n1N. The molecule has 0 aromatic carbocycles. The van der Waals surface area contributed by atoms with Gasteiger partial charge in [0, 0.05) is 6.42 Å². The number of rotatable bonds is 2. The minimum absolute atomic E-state index is 0.296. The van der Waals surface area contributed by atoms with Crippen molar-refractivity contribution in [3.05, 3.63) is 5.82 Å². The van der Waals surface area contributed by atoms with Gasteiger partial charge in [-0.15, -0.1) is 10.2 Å². The van der Waals surface area contributed by atoms with Crippen LogP contribution in [0.1, 0.15) is 25.1 Å². The third-order valence-electron chi connectivity index (χ3n) is 2.49. The lowest BCUT2D eigenvalue weighted by Crippen LogP contribution is -2.21. The standard InChI is InChI=1S/C7H13N5/c8-7-11-10-6(12(7)9)4-5-2-1-3-5/h5H,1-4,9H2,(H2,8,11). The fourth-order valence-corrected chi connectivity index (χ4v) is 1.43. The molecule has 0 bridgehead atoms. The Labute approximate surface area is 70.7 Å². The maximum Gasteiger partial charge on any atom is 0.240 e. The van der Waals surface area contributed by atoms with Crippen molar-refractivity contribution < 1.29 is 0 Å². The van der Waals surface area contributed by atoms with Gasteiger partial charge in [-0.2, -0.15) is 0 Å². The predicted octanol–water partition coefficient (Wildman–Crippen LogP) is -0.0833. The molecule has 2 rings (SSSR count). The van der Waals surface area contributed by atoms with E-state index in [0.717, 1.165) is 18.2 Å². The fraction of sp³-hybridized carbons (Fsp3) is 0.714. The summed E-state index contributed by atoms with van der Waals surface area (Å²) in [6.07, 6.45) is 4.82. The molecule has 0 spiro atoms. The van der Waals surface area contributed by atoms with Gasteiger partial charge in [0.15, 0.2) is 5.82 Å². The highest BCUT2D eigenvalue weighted by atomic mass is 15.4. The fourth-order valence-electron chi connectivity index (χ4n) is 1.43. The molecule has 4 N–H and O–H groups in total. The van der Waals surface area contributed by atoms with Crippen LogP contribution in [0.15, 0.2) is 0 Å². The Hall–Kier alpha value is -1.26. The molecule has 1 heterocycles. The van der Waals surface area contributed by atoms with E-state index in [1.807, 2.05) is 0 Å². The van der Waals surface area contributed by atoms with E-state index >= 15 is 0 Å². The summed E-state index contributed by atoms with van der Waals surface area (Å²) in [5.41, 5.74) is 5.44. The maximum absolute atomic E-state index is 5.60. The normalized spacial score (nSPS) is 17.7. The maximum atomic E-state index is 5.60. The average molecular weight is 167 g/mol. The van der Waals surface area contributed by atoms with Crippen LogP contribution in [0, 0.1) is 5.92 Å². The molecule has 0 saturated heterocycles. The number of hydrogen-bond donors (Lipinski definition) is 2. The van der Waals surface area contributed by atoms with Gasteiger partial charge in [-0.05, 0) is 5.92 Å². The summed E-state index contributed by atoms with van der Waals surface area (Å²) >= 11 is 0. The minimum atomic E-state index is 0.296. The Morgan fingerprint density at radius 2 is 2.17 bits per heavy atom. The van der Waals surface area contributed by atoms with Crippen LogP contribution in [0.5, 0.6) is 0 Å². The van der Waals surface area contributed by atoms with Crippen molar-refractivity contribution in [1.82, 2.24) is 14.9 Å². The summed E-state index contributed by atoms with van der Waals surface area (Å²) in [5.74, 6) is 7.44. The van der Waals surface area contributed by atoms with Gasteiger partial charge in [0.2, 0.25) is 5.95 Å². The van der Waals surface area contributed by atoms with E-state index in [1.165, 1.54) is 23.9 Å². The van der Waals surface area contributed by atoms with Crippen LogP contribution < -0.4 is 11.6 Å². The van der Waals surface area contributed by atoms with E-state index in [1.54, 1.807) is 0 Å². The minimum Gasteiger partial charge on any atom is -0.366 e. The lowest BCUT2D eigenvalue weighted by Gasteiger charge is -2.24. The number of nitrogens with two attached hydrogens (primary N) is 2. The molecule has 1 aliphatic carbocycles. The monoisotopic (exact) mass is 167 g/mol. The predicted molar refractivity (Wildman–Crippen MR) is 45.6 cm³/mol. The van der Waals surface area contributed by atoms with Crippen molar-refractivity contribution in [1.29, 1.82) is 0 Å². The summed E-state index contributed by atoms with van der Waals surface area (Å²) in [5, 5.41) is 7.59. The molecule has 1 aliphatic rings. The van der Waals surface area contributed by atoms with Gasteiger partial charge >= 0.3 is 0 Å². The van der Waals surface area contributed by atoms with E-state index in [4.69, 9.17) is 11.6 Å². The highest BCUT2D eigenvalue weighted by Gasteiger charge is 2.20.